The highest BCUT2D eigenvalue weighted by Crippen LogP contribution is 2.14. The summed E-state index contributed by atoms with van der Waals surface area (Å²) in [5, 5.41) is 0. The third-order valence-corrected chi connectivity index (χ3v) is 1.58. The second-order valence-corrected chi connectivity index (χ2v) is 2.67. The van der Waals surface area contributed by atoms with Crippen LogP contribution in [0.25, 0.3) is 0 Å². The monoisotopic (exact) mass is 167 g/mol. The number of hydrogen-bond acceptors (Lipinski definition) is 4. The van der Waals surface area contributed by atoms with Gasteiger partial charge in [-0.15, -0.1) is 0 Å². The Morgan fingerprint density at radius 3 is 2.67 bits per heavy atom. The molecule has 0 amide bonds. The molecule has 0 aliphatic heterocycles. The van der Waals surface area contributed by atoms with E-state index in [9.17, 15) is 0 Å². The first-order valence-electron chi connectivity index (χ1n) is 3.78. The lowest BCUT2D eigenvalue weighted by molar-refractivity contribution is 0.405. The molecular formula is C8H13N3O. The summed E-state index contributed by atoms with van der Waals surface area (Å²) in [6.07, 6.45) is 1.64. The van der Waals surface area contributed by atoms with Crippen LogP contribution < -0.4 is 10.5 Å². The zero-order chi connectivity index (χ0) is 9.14. The van der Waals surface area contributed by atoms with E-state index in [4.69, 9.17) is 10.5 Å². The van der Waals surface area contributed by atoms with E-state index >= 15 is 0 Å². The van der Waals surface area contributed by atoms with Crippen LogP contribution in [0, 0.1) is 6.92 Å². The van der Waals surface area contributed by atoms with Gasteiger partial charge >= 0.3 is 0 Å². The van der Waals surface area contributed by atoms with Crippen LogP contribution in [0.1, 0.15) is 24.5 Å². The molecule has 0 aliphatic rings. The Kier molecular flexibility index (Phi) is 2.60. The van der Waals surface area contributed by atoms with Crippen molar-refractivity contribution in [3.8, 4) is 5.75 Å². The molecule has 66 valence electrons. The van der Waals surface area contributed by atoms with Crippen LogP contribution in [0.15, 0.2) is 6.20 Å². The van der Waals surface area contributed by atoms with Gasteiger partial charge < -0.3 is 10.5 Å². The second-order valence-electron chi connectivity index (χ2n) is 2.67. The molecule has 1 rings (SSSR count). The fraction of sp³-hybridized carbons (Fsp3) is 0.500. The zero-order valence-electron chi connectivity index (χ0n) is 7.53. The van der Waals surface area contributed by atoms with Crippen molar-refractivity contribution in [2.45, 2.75) is 19.9 Å². The molecule has 1 heterocycles. The number of aromatic nitrogens is 2. The summed E-state index contributed by atoms with van der Waals surface area (Å²) in [7, 11) is 1.59. The maximum absolute atomic E-state index is 5.61. The third kappa shape index (κ3) is 1.71. The normalized spacial score (nSPS) is 12.7. The van der Waals surface area contributed by atoms with Crippen LogP contribution in [0.5, 0.6) is 5.75 Å². The van der Waals surface area contributed by atoms with Crippen molar-refractivity contribution >= 4 is 0 Å². The van der Waals surface area contributed by atoms with Crippen molar-refractivity contribution in [1.82, 2.24) is 9.97 Å². The standard InChI is InChI=1S/C8H13N3O/c1-5(9)8-10-4-7(12-3)6(2)11-8/h4-5H,9H2,1-3H3. The number of hydrogen-bond donors (Lipinski definition) is 1. The van der Waals surface area contributed by atoms with E-state index in [1.54, 1.807) is 13.3 Å². The van der Waals surface area contributed by atoms with Gasteiger partial charge in [-0.2, -0.15) is 0 Å². The number of aryl methyl sites for hydroxylation is 1. The van der Waals surface area contributed by atoms with Crippen molar-refractivity contribution in [3.05, 3.63) is 17.7 Å². The molecule has 1 aromatic rings. The topological polar surface area (TPSA) is 61.0 Å². The first-order valence-corrected chi connectivity index (χ1v) is 3.78. The molecule has 1 atom stereocenters. The highest BCUT2D eigenvalue weighted by molar-refractivity contribution is 5.23. The molecule has 0 aliphatic carbocycles. The van der Waals surface area contributed by atoms with Gasteiger partial charge in [0.2, 0.25) is 0 Å². The van der Waals surface area contributed by atoms with Gasteiger partial charge in [-0.05, 0) is 13.8 Å². The van der Waals surface area contributed by atoms with Gasteiger partial charge in [-0.3, -0.25) is 0 Å². The zero-order valence-corrected chi connectivity index (χ0v) is 7.53. The molecule has 1 aromatic heterocycles. The second kappa shape index (κ2) is 3.49. The Morgan fingerprint density at radius 2 is 2.25 bits per heavy atom. The summed E-state index contributed by atoms with van der Waals surface area (Å²) in [4.78, 5) is 8.23. The maximum atomic E-state index is 5.61. The van der Waals surface area contributed by atoms with Crippen molar-refractivity contribution < 1.29 is 4.74 Å². The average molecular weight is 167 g/mol. The van der Waals surface area contributed by atoms with E-state index in [0.717, 1.165) is 5.69 Å². The third-order valence-electron chi connectivity index (χ3n) is 1.58. The van der Waals surface area contributed by atoms with E-state index < -0.39 is 0 Å². The summed E-state index contributed by atoms with van der Waals surface area (Å²) in [5.74, 6) is 1.34. The van der Waals surface area contributed by atoms with Gasteiger partial charge in [0.1, 0.15) is 5.82 Å². The van der Waals surface area contributed by atoms with Gasteiger partial charge in [-0.25, -0.2) is 9.97 Å². The van der Waals surface area contributed by atoms with Crippen LogP contribution in [0.2, 0.25) is 0 Å². The lowest BCUT2D eigenvalue weighted by atomic mass is 10.3. The quantitative estimate of drug-likeness (QED) is 0.708. The fourth-order valence-corrected chi connectivity index (χ4v) is 0.894. The summed E-state index contributed by atoms with van der Waals surface area (Å²) in [6, 6.07) is -0.130. The van der Waals surface area contributed by atoms with Crippen LogP contribution in [0.4, 0.5) is 0 Å². The van der Waals surface area contributed by atoms with Crippen molar-refractivity contribution in [3.63, 3.8) is 0 Å². The summed E-state index contributed by atoms with van der Waals surface area (Å²) < 4.78 is 5.01. The number of nitrogens with zero attached hydrogens (tertiary/aromatic N) is 2. The Hall–Kier alpha value is -1.16. The maximum Gasteiger partial charge on any atom is 0.158 e. The van der Waals surface area contributed by atoms with Gasteiger partial charge in [0.25, 0.3) is 0 Å². The Morgan fingerprint density at radius 1 is 1.58 bits per heavy atom. The Labute approximate surface area is 71.8 Å². The minimum absolute atomic E-state index is 0.130. The summed E-state index contributed by atoms with van der Waals surface area (Å²) in [6.45, 7) is 3.72. The number of methoxy groups -OCH3 is 1. The number of rotatable bonds is 2. The van der Waals surface area contributed by atoms with Crippen molar-refractivity contribution in [2.75, 3.05) is 7.11 Å². The van der Waals surface area contributed by atoms with Crippen LogP contribution >= 0.6 is 0 Å². The average Bonchev–Trinajstić information content (AvgIpc) is 2.04. The van der Waals surface area contributed by atoms with Gasteiger partial charge in [-0.1, -0.05) is 0 Å². The molecule has 0 spiro atoms. The van der Waals surface area contributed by atoms with Crippen LogP contribution in [-0.4, -0.2) is 17.1 Å². The molecule has 2 N–H and O–H groups in total. The minimum atomic E-state index is -0.130. The largest absolute Gasteiger partial charge is 0.493 e. The highest BCUT2D eigenvalue weighted by Gasteiger charge is 2.05. The summed E-state index contributed by atoms with van der Waals surface area (Å²) >= 11 is 0. The number of nitrogens with two attached hydrogens (primary N) is 1. The van der Waals surface area contributed by atoms with E-state index in [1.165, 1.54) is 0 Å². The van der Waals surface area contributed by atoms with Gasteiger partial charge in [0.15, 0.2) is 5.75 Å². The first kappa shape index (κ1) is 8.93. The van der Waals surface area contributed by atoms with Crippen molar-refractivity contribution in [1.29, 1.82) is 0 Å². The highest BCUT2D eigenvalue weighted by atomic mass is 16.5. The molecule has 1 unspecified atom stereocenters. The Bertz CT molecular complexity index is 273. The predicted molar refractivity (Wildman–Crippen MR) is 45.9 cm³/mol. The lowest BCUT2D eigenvalue weighted by Crippen LogP contribution is -2.10. The molecular weight excluding hydrogens is 154 g/mol. The fourth-order valence-electron chi connectivity index (χ4n) is 0.894. The van der Waals surface area contributed by atoms with E-state index in [-0.39, 0.29) is 6.04 Å². The van der Waals surface area contributed by atoms with Gasteiger partial charge in [0, 0.05) is 0 Å². The van der Waals surface area contributed by atoms with E-state index in [2.05, 4.69) is 9.97 Å². The predicted octanol–water partition coefficient (Wildman–Crippen LogP) is 0.813. The lowest BCUT2D eigenvalue weighted by Gasteiger charge is -2.07. The molecule has 12 heavy (non-hydrogen) atoms. The van der Waals surface area contributed by atoms with Crippen LogP contribution in [-0.2, 0) is 0 Å². The number of ether oxygens (including phenoxy) is 1. The first-order chi connectivity index (χ1) is 5.65. The minimum Gasteiger partial charge on any atom is -0.493 e. The smallest absolute Gasteiger partial charge is 0.158 e. The Balaban J connectivity index is 3.02. The van der Waals surface area contributed by atoms with Crippen molar-refractivity contribution in [2.24, 2.45) is 5.73 Å². The van der Waals surface area contributed by atoms with Crippen LogP contribution in [0.3, 0.4) is 0 Å². The molecule has 0 aromatic carbocycles. The molecule has 0 radical (unpaired) electrons. The van der Waals surface area contributed by atoms with E-state index in [1.807, 2.05) is 13.8 Å². The molecule has 0 saturated heterocycles. The van der Waals surface area contributed by atoms with Gasteiger partial charge in [0.05, 0.1) is 25.0 Å². The molecule has 0 saturated carbocycles. The SMILES string of the molecule is COc1cnc(C(C)N)nc1C. The molecule has 0 fully saturated rings. The summed E-state index contributed by atoms with van der Waals surface area (Å²) in [5.41, 5.74) is 6.43. The molecule has 4 nitrogen and oxygen atoms in total. The molecule has 4 heteroatoms. The molecule has 0 bridgehead atoms. The van der Waals surface area contributed by atoms with E-state index in [0.29, 0.717) is 11.6 Å².